The second-order valence-corrected chi connectivity index (χ2v) is 5.99. The van der Waals surface area contributed by atoms with Crippen LogP contribution in [-0.4, -0.2) is 25.7 Å². The van der Waals surface area contributed by atoms with E-state index >= 15 is 0 Å². The van der Waals surface area contributed by atoms with Gasteiger partial charge in [0.15, 0.2) is 0 Å². The zero-order valence-electron chi connectivity index (χ0n) is 11.2. The van der Waals surface area contributed by atoms with Crippen LogP contribution in [0.4, 0.5) is 5.69 Å². The van der Waals surface area contributed by atoms with E-state index in [0.29, 0.717) is 12.3 Å². The molecule has 3 rings (SSSR count). The summed E-state index contributed by atoms with van der Waals surface area (Å²) in [5.41, 5.74) is 3.13. The van der Waals surface area contributed by atoms with Gasteiger partial charge in [0, 0.05) is 19.3 Å². The van der Waals surface area contributed by atoms with Gasteiger partial charge in [-0.15, -0.1) is 11.6 Å². The molecule has 1 saturated heterocycles. The summed E-state index contributed by atoms with van der Waals surface area (Å²) in [4.78, 5) is 13.4. The lowest BCUT2D eigenvalue weighted by atomic mass is 9.95. The van der Waals surface area contributed by atoms with E-state index in [4.69, 9.17) is 16.3 Å². The van der Waals surface area contributed by atoms with Crippen molar-refractivity contribution < 1.29 is 9.53 Å². The molecule has 2 aliphatic heterocycles. The minimum absolute atomic E-state index is 0.0783. The summed E-state index contributed by atoms with van der Waals surface area (Å²) in [5, 5.41) is -0.135. The third-order valence-corrected chi connectivity index (χ3v) is 4.73. The highest BCUT2D eigenvalue weighted by Gasteiger charge is 2.33. The number of nitrogens with zero attached hydrogens (tertiary/aromatic N) is 1. The number of carbonyl (C=O) groups excluding carboxylic acids is 1. The zero-order valence-corrected chi connectivity index (χ0v) is 12.0. The van der Waals surface area contributed by atoms with E-state index < -0.39 is 0 Å². The molecule has 3 atom stereocenters. The molecule has 0 bridgehead atoms. The molecule has 3 nitrogen and oxygen atoms in total. The van der Waals surface area contributed by atoms with Gasteiger partial charge in [-0.1, -0.05) is 19.1 Å². The van der Waals surface area contributed by atoms with Crippen molar-refractivity contribution in [1.82, 2.24) is 0 Å². The number of likely N-dealkylation sites (N-methyl/N-ethyl adjacent to an activating group) is 1. The molecule has 0 spiro atoms. The van der Waals surface area contributed by atoms with E-state index in [1.54, 1.807) is 4.90 Å². The Hall–Kier alpha value is -1.06. The smallest absolute Gasteiger partial charge is 0.231 e. The van der Waals surface area contributed by atoms with E-state index in [1.807, 2.05) is 19.2 Å². The van der Waals surface area contributed by atoms with Crippen LogP contribution in [0.3, 0.4) is 0 Å². The number of halogens is 1. The van der Waals surface area contributed by atoms with Gasteiger partial charge in [0.25, 0.3) is 0 Å². The van der Waals surface area contributed by atoms with E-state index in [1.165, 1.54) is 0 Å². The third-order valence-electron chi connectivity index (χ3n) is 4.23. The zero-order chi connectivity index (χ0) is 13.6. The molecule has 0 radical (unpaired) electrons. The first-order valence-corrected chi connectivity index (χ1v) is 7.16. The van der Waals surface area contributed by atoms with E-state index in [2.05, 4.69) is 13.0 Å². The Balaban J connectivity index is 1.87. The molecule has 19 heavy (non-hydrogen) atoms. The lowest BCUT2D eigenvalue weighted by Gasteiger charge is -2.21. The number of hydrogen-bond acceptors (Lipinski definition) is 2. The van der Waals surface area contributed by atoms with Gasteiger partial charge in [0.2, 0.25) is 5.91 Å². The molecule has 0 aromatic heterocycles. The summed E-state index contributed by atoms with van der Waals surface area (Å²) < 4.78 is 5.73. The SMILES string of the molecule is CC1CCOC1C(Cl)c1ccc2c(c1)CC(=O)N2C. The van der Waals surface area contributed by atoms with Crippen LogP contribution >= 0.6 is 11.6 Å². The van der Waals surface area contributed by atoms with Gasteiger partial charge < -0.3 is 9.64 Å². The highest BCUT2D eigenvalue weighted by Crippen LogP contribution is 2.38. The number of alkyl halides is 1. The van der Waals surface area contributed by atoms with Crippen LogP contribution in [0.5, 0.6) is 0 Å². The van der Waals surface area contributed by atoms with Gasteiger partial charge in [0.05, 0.1) is 17.9 Å². The predicted octanol–water partition coefficient (Wildman–Crippen LogP) is 2.91. The van der Waals surface area contributed by atoms with Gasteiger partial charge in [-0.2, -0.15) is 0 Å². The molecular weight excluding hydrogens is 262 g/mol. The monoisotopic (exact) mass is 279 g/mol. The van der Waals surface area contributed by atoms with Crippen LogP contribution in [0.25, 0.3) is 0 Å². The van der Waals surface area contributed by atoms with Gasteiger partial charge >= 0.3 is 0 Å². The largest absolute Gasteiger partial charge is 0.376 e. The summed E-state index contributed by atoms with van der Waals surface area (Å²) >= 11 is 6.56. The fourth-order valence-corrected chi connectivity index (χ4v) is 3.40. The molecule has 102 valence electrons. The van der Waals surface area contributed by atoms with Gasteiger partial charge in [-0.3, -0.25) is 4.79 Å². The first kappa shape index (κ1) is 12.9. The summed E-state index contributed by atoms with van der Waals surface area (Å²) in [5.74, 6) is 0.629. The minimum Gasteiger partial charge on any atom is -0.376 e. The Labute approximate surface area is 118 Å². The summed E-state index contributed by atoms with van der Waals surface area (Å²) in [6.45, 7) is 2.97. The molecule has 0 N–H and O–H groups in total. The quantitative estimate of drug-likeness (QED) is 0.779. The molecule has 1 aromatic rings. The number of amides is 1. The van der Waals surface area contributed by atoms with Crippen molar-refractivity contribution in [2.75, 3.05) is 18.6 Å². The summed E-state index contributed by atoms with van der Waals surface area (Å²) in [7, 11) is 1.81. The van der Waals surface area contributed by atoms with Crippen molar-refractivity contribution >= 4 is 23.2 Å². The molecule has 1 aromatic carbocycles. The maximum atomic E-state index is 11.7. The molecule has 3 unspecified atom stereocenters. The number of benzene rings is 1. The van der Waals surface area contributed by atoms with Crippen LogP contribution in [0, 0.1) is 5.92 Å². The predicted molar refractivity (Wildman–Crippen MR) is 75.7 cm³/mol. The number of hydrogen-bond donors (Lipinski definition) is 0. The molecule has 1 fully saturated rings. The van der Waals surface area contributed by atoms with Crippen molar-refractivity contribution in [3.8, 4) is 0 Å². The van der Waals surface area contributed by atoms with Crippen molar-refractivity contribution in [1.29, 1.82) is 0 Å². The van der Waals surface area contributed by atoms with Gasteiger partial charge in [0.1, 0.15) is 0 Å². The first-order chi connectivity index (χ1) is 9.08. The summed E-state index contributed by atoms with van der Waals surface area (Å²) in [6.07, 6.45) is 1.62. The molecule has 2 aliphatic rings. The molecular formula is C15H18ClNO2. The van der Waals surface area contributed by atoms with E-state index in [9.17, 15) is 4.79 Å². The van der Waals surface area contributed by atoms with Crippen LogP contribution < -0.4 is 4.90 Å². The highest BCUT2D eigenvalue weighted by atomic mass is 35.5. The van der Waals surface area contributed by atoms with Crippen LogP contribution in [0.1, 0.15) is 29.8 Å². The number of ether oxygens (including phenoxy) is 1. The second kappa shape index (κ2) is 4.80. The van der Waals surface area contributed by atoms with Crippen LogP contribution in [-0.2, 0) is 16.0 Å². The van der Waals surface area contributed by atoms with E-state index in [0.717, 1.165) is 29.8 Å². The second-order valence-electron chi connectivity index (χ2n) is 5.52. The van der Waals surface area contributed by atoms with Crippen molar-refractivity contribution in [3.63, 3.8) is 0 Å². The normalized spacial score (nSPS) is 27.7. The Morgan fingerprint density at radius 3 is 2.95 bits per heavy atom. The van der Waals surface area contributed by atoms with E-state index in [-0.39, 0.29) is 17.4 Å². The van der Waals surface area contributed by atoms with Crippen LogP contribution in [0.15, 0.2) is 18.2 Å². The van der Waals surface area contributed by atoms with Gasteiger partial charge in [-0.25, -0.2) is 0 Å². The van der Waals surface area contributed by atoms with Crippen molar-refractivity contribution in [2.45, 2.75) is 31.2 Å². The third kappa shape index (κ3) is 2.15. The summed E-state index contributed by atoms with van der Waals surface area (Å²) in [6, 6.07) is 6.06. The Kier molecular flexibility index (Phi) is 3.27. The van der Waals surface area contributed by atoms with Crippen molar-refractivity contribution in [3.05, 3.63) is 29.3 Å². The first-order valence-electron chi connectivity index (χ1n) is 6.73. The lowest BCUT2D eigenvalue weighted by Crippen LogP contribution is -2.20. The molecule has 0 aliphatic carbocycles. The Bertz CT molecular complexity index is 517. The minimum atomic E-state index is -0.135. The number of rotatable bonds is 2. The molecule has 1 amide bonds. The van der Waals surface area contributed by atoms with Crippen molar-refractivity contribution in [2.24, 2.45) is 5.92 Å². The Morgan fingerprint density at radius 2 is 2.26 bits per heavy atom. The maximum Gasteiger partial charge on any atom is 0.231 e. The fraction of sp³-hybridized carbons (Fsp3) is 0.533. The highest BCUT2D eigenvalue weighted by molar-refractivity contribution is 6.21. The van der Waals surface area contributed by atoms with Gasteiger partial charge in [-0.05, 0) is 29.5 Å². The maximum absolute atomic E-state index is 11.7. The average molecular weight is 280 g/mol. The molecule has 2 heterocycles. The Morgan fingerprint density at radius 1 is 1.47 bits per heavy atom. The molecule has 4 heteroatoms. The topological polar surface area (TPSA) is 29.5 Å². The number of fused-ring (bicyclic) bond motifs is 1. The standard InChI is InChI=1S/C15H18ClNO2/c1-9-5-6-19-15(9)14(16)10-3-4-12-11(7-10)8-13(18)17(12)2/h3-4,7,9,14-15H,5-6,8H2,1-2H3. The number of carbonyl (C=O) groups is 1. The number of anilines is 1. The molecule has 0 saturated carbocycles. The lowest BCUT2D eigenvalue weighted by molar-refractivity contribution is -0.117. The fourth-order valence-electron chi connectivity index (χ4n) is 2.94. The average Bonchev–Trinajstić information content (AvgIpc) is 2.93. The van der Waals surface area contributed by atoms with Crippen LogP contribution in [0.2, 0.25) is 0 Å².